The van der Waals surface area contributed by atoms with Gasteiger partial charge < -0.3 is 5.73 Å². The highest BCUT2D eigenvalue weighted by Gasteiger charge is 2.14. The van der Waals surface area contributed by atoms with Crippen LogP contribution in [0, 0.1) is 5.82 Å². The smallest absolute Gasteiger partial charge is 0.142 e. The Bertz CT molecular complexity index is 525. The Labute approximate surface area is 109 Å². The molecule has 2 aromatic carbocycles. The third-order valence-electron chi connectivity index (χ3n) is 2.55. The van der Waals surface area contributed by atoms with Crippen LogP contribution in [0.5, 0.6) is 0 Å². The molecule has 17 heavy (non-hydrogen) atoms. The quantitative estimate of drug-likeness (QED) is 0.870. The second-order valence-corrected chi connectivity index (χ2v) is 4.49. The molecule has 0 aliphatic heterocycles. The minimum atomic E-state index is -0.464. The molecule has 0 amide bonds. The molecule has 4 heteroatoms. The van der Waals surface area contributed by atoms with Gasteiger partial charge in [0.25, 0.3) is 0 Å². The second kappa shape index (κ2) is 5.05. The summed E-state index contributed by atoms with van der Waals surface area (Å²) in [5, 5.41) is 0.696. The molecule has 2 aromatic rings. The van der Waals surface area contributed by atoms with Gasteiger partial charge in [-0.25, -0.2) is 4.39 Å². The first-order valence-corrected chi connectivity index (χ1v) is 5.80. The van der Waals surface area contributed by atoms with Crippen molar-refractivity contribution < 1.29 is 4.39 Å². The van der Waals surface area contributed by atoms with E-state index >= 15 is 0 Å². The lowest BCUT2D eigenvalue weighted by molar-refractivity contribution is 0.624. The zero-order valence-corrected chi connectivity index (χ0v) is 10.3. The van der Waals surface area contributed by atoms with Gasteiger partial charge in [0.1, 0.15) is 5.82 Å². The number of benzene rings is 2. The average molecular weight is 270 g/mol. The first-order valence-electron chi connectivity index (χ1n) is 5.04. The van der Waals surface area contributed by atoms with Crippen molar-refractivity contribution in [1.29, 1.82) is 0 Å². The van der Waals surface area contributed by atoms with Crippen molar-refractivity contribution in [1.82, 2.24) is 0 Å². The van der Waals surface area contributed by atoms with Gasteiger partial charge in [0.15, 0.2) is 0 Å². The highest BCUT2D eigenvalue weighted by Crippen LogP contribution is 2.28. The van der Waals surface area contributed by atoms with E-state index in [-0.39, 0.29) is 5.02 Å². The molecule has 2 rings (SSSR count). The Morgan fingerprint density at radius 2 is 1.65 bits per heavy atom. The van der Waals surface area contributed by atoms with Crippen LogP contribution in [0.1, 0.15) is 17.2 Å². The predicted molar refractivity (Wildman–Crippen MR) is 68.9 cm³/mol. The first-order chi connectivity index (χ1) is 8.09. The lowest BCUT2D eigenvalue weighted by Gasteiger charge is -2.14. The summed E-state index contributed by atoms with van der Waals surface area (Å²) in [5.41, 5.74) is 7.44. The maximum Gasteiger partial charge on any atom is 0.142 e. The summed E-state index contributed by atoms with van der Waals surface area (Å²) < 4.78 is 13.3. The van der Waals surface area contributed by atoms with Crippen molar-refractivity contribution in [3.05, 3.63) is 69.5 Å². The third kappa shape index (κ3) is 2.60. The highest BCUT2D eigenvalue weighted by atomic mass is 35.5. The monoisotopic (exact) mass is 269 g/mol. The molecule has 0 saturated carbocycles. The molecular formula is C13H10Cl2FN. The van der Waals surface area contributed by atoms with Gasteiger partial charge in [-0.05, 0) is 29.3 Å². The molecule has 0 aromatic heterocycles. The lowest BCUT2D eigenvalue weighted by Crippen LogP contribution is -2.12. The molecule has 0 aliphatic carbocycles. The molecule has 1 unspecified atom stereocenters. The van der Waals surface area contributed by atoms with E-state index < -0.39 is 11.9 Å². The van der Waals surface area contributed by atoms with Crippen LogP contribution in [-0.2, 0) is 0 Å². The average Bonchev–Trinajstić information content (AvgIpc) is 2.33. The van der Waals surface area contributed by atoms with Gasteiger partial charge in [-0.2, -0.15) is 0 Å². The van der Waals surface area contributed by atoms with E-state index in [2.05, 4.69) is 0 Å². The molecule has 88 valence electrons. The van der Waals surface area contributed by atoms with Gasteiger partial charge >= 0.3 is 0 Å². The number of rotatable bonds is 2. The van der Waals surface area contributed by atoms with Gasteiger partial charge in [-0.3, -0.25) is 0 Å². The van der Waals surface area contributed by atoms with Crippen LogP contribution in [0.2, 0.25) is 10.0 Å². The fourth-order valence-electron chi connectivity index (χ4n) is 1.61. The molecule has 0 aliphatic rings. The Balaban J connectivity index is 2.40. The standard InChI is InChI=1S/C13H10Cl2FN/c14-9-6-4-8(5-7-9)13(17)10-2-1-3-11(16)12(10)15/h1-7,13H,17H2. The fraction of sp³-hybridized carbons (Fsp3) is 0.0769. The first kappa shape index (κ1) is 12.4. The zero-order valence-electron chi connectivity index (χ0n) is 8.83. The summed E-state index contributed by atoms with van der Waals surface area (Å²) in [6.07, 6.45) is 0. The summed E-state index contributed by atoms with van der Waals surface area (Å²) in [6, 6.07) is 11.2. The second-order valence-electron chi connectivity index (χ2n) is 3.67. The van der Waals surface area contributed by atoms with Crippen LogP contribution in [0.3, 0.4) is 0 Å². The molecule has 0 heterocycles. The summed E-state index contributed by atoms with van der Waals surface area (Å²) in [4.78, 5) is 0. The minimum Gasteiger partial charge on any atom is -0.320 e. The number of hydrogen-bond acceptors (Lipinski definition) is 1. The molecule has 0 bridgehead atoms. The van der Waals surface area contributed by atoms with E-state index in [0.29, 0.717) is 10.6 Å². The maximum atomic E-state index is 13.3. The van der Waals surface area contributed by atoms with E-state index in [9.17, 15) is 4.39 Å². The molecule has 1 atom stereocenters. The van der Waals surface area contributed by atoms with E-state index in [0.717, 1.165) is 5.56 Å². The van der Waals surface area contributed by atoms with Gasteiger partial charge in [0.2, 0.25) is 0 Å². The number of nitrogens with two attached hydrogens (primary N) is 1. The molecule has 0 fully saturated rings. The highest BCUT2D eigenvalue weighted by molar-refractivity contribution is 6.31. The Kier molecular flexibility index (Phi) is 3.67. The van der Waals surface area contributed by atoms with Crippen molar-refractivity contribution in [3.8, 4) is 0 Å². The van der Waals surface area contributed by atoms with E-state index in [1.54, 1.807) is 36.4 Å². The molecular weight excluding hydrogens is 260 g/mol. The summed E-state index contributed by atoms with van der Waals surface area (Å²) in [5.74, 6) is -0.464. The van der Waals surface area contributed by atoms with Gasteiger partial charge in [0.05, 0.1) is 11.1 Å². The molecule has 0 spiro atoms. The summed E-state index contributed by atoms with van der Waals surface area (Å²) in [7, 11) is 0. The maximum absolute atomic E-state index is 13.3. The summed E-state index contributed by atoms with van der Waals surface area (Å²) in [6.45, 7) is 0. The van der Waals surface area contributed by atoms with Gasteiger partial charge in [-0.15, -0.1) is 0 Å². The van der Waals surface area contributed by atoms with Crippen molar-refractivity contribution >= 4 is 23.2 Å². The lowest BCUT2D eigenvalue weighted by atomic mass is 9.99. The number of hydrogen-bond donors (Lipinski definition) is 1. The SMILES string of the molecule is NC(c1ccc(Cl)cc1)c1cccc(F)c1Cl. The van der Waals surface area contributed by atoms with Crippen LogP contribution in [0.25, 0.3) is 0 Å². The van der Waals surface area contributed by atoms with Crippen LogP contribution in [0.4, 0.5) is 4.39 Å². The normalized spacial score (nSPS) is 12.5. The number of halogens is 3. The molecule has 2 N–H and O–H groups in total. The van der Waals surface area contributed by atoms with Crippen LogP contribution in [0.15, 0.2) is 42.5 Å². The Hall–Kier alpha value is -1.09. The van der Waals surface area contributed by atoms with E-state index in [1.165, 1.54) is 6.07 Å². The van der Waals surface area contributed by atoms with Crippen molar-refractivity contribution in [2.45, 2.75) is 6.04 Å². The predicted octanol–water partition coefficient (Wildman–Crippen LogP) is 4.18. The van der Waals surface area contributed by atoms with Crippen molar-refractivity contribution in [3.63, 3.8) is 0 Å². The zero-order chi connectivity index (χ0) is 12.4. The van der Waals surface area contributed by atoms with Crippen LogP contribution in [-0.4, -0.2) is 0 Å². The van der Waals surface area contributed by atoms with Gasteiger partial charge in [-0.1, -0.05) is 47.5 Å². The Morgan fingerprint density at radius 3 is 2.29 bits per heavy atom. The fourth-order valence-corrected chi connectivity index (χ4v) is 1.98. The largest absolute Gasteiger partial charge is 0.320 e. The minimum absolute atomic E-state index is 0.0648. The van der Waals surface area contributed by atoms with Crippen molar-refractivity contribution in [2.24, 2.45) is 5.73 Å². The molecule has 0 radical (unpaired) electrons. The topological polar surface area (TPSA) is 26.0 Å². The van der Waals surface area contributed by atoms with Crippen molar-refractivity contribution in [2.75, 3.05) is 0 Å². The van der Waals surface area contributed by atoms with E-state index in [1.807, 2.05) is 0 Å². The van der Waals surface area contributed by atoms with Crippen LogP contribution < -0.4 is 5.73 Å². The summed E-state index contributed by atoms with van der Waals surface area (Å²) >= 11 is 11.7. The molecule has 0 saturated heterocycles. The third-order valence-corrected chi connectivity index (χ3v) is 3.20. The Morgan fingerprint density at radius 1 is 1.00 bits per heavy atom. The van der Waals surface area contributed by atoms with Crippen LogP contribution >= 0.6 is 23.2 Å². The van der Waals surface area contributed by atoms with Gasteiger partial charge in [0, 0.05) is 5.02 Å². The molecule has 1 nitrogen and oxygen atoms in total. The van der Waals surface area contributed by atoms with E-state index in [4.69, 9.17) is 28.9 Å².